The van der Waals surface area contributed by atoms with Crippen LogP contribution >= 0.6 is 28.1 Å². The largest absolute Gasteiger partial charge is 0.459 e. The molecule has 0 aliphatic carbocycles. The number of furan rings is 1. The molecule has 4 rings (SSSR count). The number of rotatable bonds is 6. The number of nitrogens with one attached hydrogen (secondary N) is 1. The Morgan fingerprint density at radius 3 is 2.62 bits per heavy atom. The molecule has 0 spiro atoms. The van der Waals surface area contributed by atoms with E-state index in [4.69, 9.17) is 16.6 Å². The minimum Gasteiger partial charge on any atom is -0.459 e. The van der Waals surface area contributed by atoms with Gasteiger partial charge in [-0.15, -0.1) is 0 Å². The molecule has 0 bridgehead atoms. The summed E-state index contributed by atoms with van der Waals surface area (Å²) in [7, 11) is 4.13. The maximum Gasteiger partial charge on any atom is 0.170 e. The molecule has 7 heteroatoms. The second-order valence-electron chi connectivity index (χ2n) is 7.33. The zero-order valence-corrected chi connectivity index (χ0v) is 18.8. The number of nitrogens with zero attached hydrogens (tertiary/aromatic N) is 3. The second kappa shape index (κ2) is 8.65. The van der Waals surface area contributed by atoms with Crippen molar-refractivity contribution in [3.05, 3.63) is 76.7 Å². The smallest absolute Gasteiger partial charge is 0.170 e. The number of halogens is 1. The first-order valence-corrected chi connectivity index (χ1v) is 10.7. The van der Waals surface area contributed by atoms with E-state index in [0.29, 0.717) is 0 Å². The Bertz CT molecular complexity index is 974. The van der Waals surface area contributed by atoms with Gasteiger partial charge in [0, 0.05) is 29.3 Å². The Morgan fingerprint density at radius 2 is 1.93 bits per heavy atom. The lowest BCUT2D eigenvalue weighted by Crippen LogP contribution is -2.35. The van der Waals surface area contributed by atoms with Gasteiger partial charge in [-0.25, -0.2) is 0 Å². The number of thiocarbonyl (C=S) groups is 1. The van der Waals surface area contributed by atoms with Crippen molar-refractivity contribution >= 4 is 33.3 Å². The van der Waals surface area contributed by atoms with Crippen LogP contribution in [0.3, 0.4) is 0 Å². The van der Waals surface area contributed by atoms with E-state index in [9.17, 15) is 0 Å². The molecule has 1 N–H and O–H groups in total. The molecule has 2 atom stereocenters. The highest BCUT2D eigenvalue weighted by Gasteiger charge is 2.41. The lowest BCUT2D eigenvalue weighted by atomic mass is 10.0. The lowest BCUT2D eigenvalue weighted by molar-refractivity contribution is 0.250. The van der Waals surface area contributed by atoms with Crippen LogP contribution in [0.15, 0.2) is 69.7 Å². The Balaban J connectivity index is 1.69. The molecule has 150 valence electrons. The van der Waals surface area contributed by atoms with E-state index in [1.807, 2.05) is 54.7 Å². The molecular weight excluding hydrogens is 448 g/mol. The van der Waals surface area contributed by atoms with Gasteiger partial charge in [-0.2, -0.15) is 0 Å². The molecule has 0 saturated carbocycles. The summed E-state index contributed by atoms with van der Waals surface area (Å²) in [6.45, 7) is 1.70. The lowest BCUT2D eigenvalue weighted by Gasteiger charge is -2.27. The van der Waals surface area contributed by atoms with Crippen molar-refractivity contribution in [2.45, 2.75) is 12.1 Å². The fourth-order valence-corrected chi connectivity index (χ4v) is 4.14. The maximum atomic E-state index is 6.33. The van der Waals surface area contributed by atoms with E-state index in [-0.39, 0.29) is 12.1 Å². The van der Waals surface area contributed by atoms with Gasteiger partial charge in [0.1, 0.15) is 17.6 Å². The van der Waals surface area contributed by atoms with E-state index < -0.39 is 0 Å². The quantitative estimate of drug-likeness (QED) is 0.529. The van der Waals surface area contributed by atoms with E-state index in [1.54, 1.807) is 0 Å². The van der Waals surface area contributed by atoms with Crippen LogP contribution in [0, 0.1) is 0 Å². The maximum absolute atomic E-state index is 6.33. The first kappa shape index (κ1) is 20.1. The third kappa shape index (κ3) is 4.37. The van der Waals surface area contributed by atoms with Crippen molar-refractivity contribution in [3.63, 3.8) is 0 Å². The SMILES string of the molecule is CN(C)CCN1C(=S)N[C@H](c2ccccn2)[C@@H]1c1ccc(-c2ccc(Br)cc2)o1. The van der Waals surface area contributed by atoms with Crippen molar-refractivity contribution in [2.75, 3.05) is 27.2 Å². The molecule has 1 saturated heterocycles. The van der Waals surface area contributed by atoms with E-state index in [1.165, 1.54) is 0 Å². The van der Waals surface area contributed by atoms with Crippen molar-refractivity contribution in [3.8, 4) is 11.3 Å². The molecule has 3 aromatic rings. The fraction of sp³-hybridized carbons (Fsp3) is 0.273. The van der Waals surface area contributed by atoms with Crippen LogP contribution < -0.4 is 5.32 Å². The van der Waals surface area contributed by atoms with Crippen LogP contribution in [0.4, 0.5) is 0 Å². The van der Waals surface area contributed by atoms with Crippen LogP contribution in [0.2, 0.25) is 0 Å². The summed E-state index contributed by atoms with van der Waals surface area (Å²) in [5.74, 6) is 1.72. The monoisotopic (exact) mass is 470 g/mol. The summed E-state index contributed by atoms with van der Waals surface area (Å²) in [6, 6.07) is 18.0. The summed E-state index contributed by atoms with van der Waals surface area (Å²) < 4.78 is 7.38. The Kier molecular flexibility index (Phi) is 5.99. The number of aromatic nitrogens is 1. The van der Waals surface area contributed by atoms with E-state index in [2.05, 4.69) is 56.2 Å². The standard InChI is InChI=1S/C22H23BrN4OS/c1-26(2)13-14-27-21(20(25-22(27)29)17-5-3-4-12-24-17)19-11-10-18(28-19)15-6-8-16(23)9-7-15/h3-12,20-21H,13-14H2,1-2H3,(H,25,29)/t20-,21+/m1/s1. The normalized spacial score (nSPS) is 19.0. The summed E-state index contributed by atoms with van der Waals surface area (Å²) in [5.41, 5.74) is 2.00. The van der Waals surface area contributed by atoms with Gasteiger partial charge in [0.05, 0.1) is 11.7 Å². The zero-order valence-electron chi connectivity index (χ0n) is 16.4. The second-order valence-corrected chi connectivity index (χ2v) is 8.63. The van der Waals surface area contributed by atoms with Gasteiger partial charge < -0.3 is 19.5 Å². The topological polar surface area (TPSA) is 44.5 Å². The molecule has 3 heterocycles. The molecular formula is C22H23BrN4OS. The van der Waals surface area contributed by atoms with Gasteiger partial charge in [0.25, 0.3) is 0 Å². The molecule has 1 aromatic carbocycles. The van der Waals surface area contributed by atoms with Crippen LogP contribution in [0.25, 0.3) is 11.3 Å². The first-order valence-electron chi connectivity index (χ1n) is 9.51. The number of pyridine rings is 1. The van der Waals surface area contributed by atoms with Crippen molar-refractivity contribution in [1.29, 1.82) is 0 Å². The van der Waals surface area contributed by atoms with Crippen LogP contribution in [-0.4, -0.2) is 47.1 Å². The molecule has 29 heavy (non-hydrogen) atoms. The number of benzene rings is 1. The summed E-state index contributed by atoms with van der Waals surface area (Å²) in [4.78, 5) is 8.93. The van der Waals surface area contributed by atoms with Crippen LogP contribution in [0.1, 0.15) is 23.5 Å². The van der Waals surface area contributed by atoms with Gasteiger partial charge >= 0.3 is 0 Å². The molecule has 1 aliphatic heterocycles. The fourth-order valence-electron chi connectivity index (χ4n) is 3.54. The van der Waals surface area contributed by atoms with Crippen molar-refractivity contribution in [2.24, 2.45) is 0 Å². The van der Waals surface area contributed by atoms with Gasteiger partial charge in [0.15, 0.2) is 5.11 Å². The van der Waals surface area contributed by atoms with E-state index in [0.717, 1.165) is 45.5 Å². The van der Waals surface area contributed by atoms with Gasteiger partial charge in [-0.3, -0.25) is 4.98 Å². The highest BCUT2D eigenvalue weighted by molar-refractivity contribution is 9.10. The minimum absolute atomic E-state index is 0.0541. The summed E-state index contributed by atoms with van der Waals surface area (Å²) >= 11 is 9.17. The van der Waals surface area contributed by atoms with E-state index >= 15 is 0 Å². The average Bonchev–Trinajstić information content (AvgIpc) is 3.32. The molecule has 5 nitrogen and oxygen atoms in total. The van der Waals surface area contributed by atoms with Crippen LogP contribution in [0.5, 0.6) is 0 Å². The van der Waals surface area contributed by atoms with Crippen LogP contribution in [-0.2, 0) is 0 Å². The molecule has 2 aromatic heterocycles. The highest BCUT2D eigenvalue weighted by atomic mass is 79.9. The molecule has 0 unspecified atom stereocenters. The number of likely N-dealkylation sites (N-methyl/N-ethyl adjacent to an activating group) is 1. The highest BCUT2D eigenvalue weighted by Crippen LogP contribution is 2.40. The summed E-state index contributed by atoms with van der Waals surface area (Å²) in [6.07, 6.45) is 1.81. The average molecular weight is 471 g/mol. The van der Waals surface area contributed by atoms with Gasteiger partial charge in [0.2, 0.25) is 0 Å². The third-order valence-corrected chi connectivity index (χ3v) is 5.91. The molecule has 0 amide bonds. The Morgan fingerprint density at radius 1 is 1.14 bits per heavy atom. The summed E-state index contributed by atoms with van der Waals surface area (Å²) in [5, 5.41) is 4.19. The molecule has 1 fully saturated rings. The van der Waals surface area contributed by atoms with Crippen molar-refractivity contribution in [1.82, 2.24) is 20.1 Å². The predicted octanol–water partition coefficient (Wildman–Crippen LogP) is 4.64. The zero-order chi connectivity index (χ0) is 20.4. The number of hydrogen-bond donors (Lipinski definition) is 1. The Hall–Kier alpha value is -2.22. The molecule has 1 aliphatic rings. The Labute approximate surface area is 184 Å². The third-order valence-electron chi connectivity index (χ3n) is 5.03. The number of hydrogen-bond acceptors (Lipinski definition) is 4. The molecule has 0 radical (unpaired) electrons. The minimum atomic E-state index is -0.0604. The van der Waals surface area contributed by atoms with Crippen molar-refractivity contribution < 1.29 is 4.42 Å². The predicted molar refractivity (Wildman–Crippen MR) is 123 cm³/mol. The van der Waals surface area contributed by atoms with Gasteiger partial charge in [-0.05, 0) is 62.7 Å². The van der Waals surface area contributed by atoms with Gasteiger partial charge in [-0.1, -0.05) is 34.1 Å². The first-order chi connectivity index (χ1) is 14.0.